The molecule has 0 aromatic rings. The summed E-state index contributed by atoms with van der Waals surface area (Å²) in [6, 6.07) is -1.75. The van der Waals surface area contributed by atoms with Gasteiger partial charge in [0.05, 0.1) is 6.10 Å². The number of amides is 2. The van der Waals surface area contributed by atoms with Crippen molar-refractivity contribution in [2.24, 2.45) is 5.92 Å². The number of carboxylic acids is 2. The van der Waals surface area contributed by atoms with E-state index >= 15 is 0 Å². The Morgan fingerprint density at radius 3 is 2.45 bits per heavy atom. The third-order valence-electron chi connectivity index (χ3n) is 3.44. The maximum absolute atomic E-state index is 11.9. The van der Waals surface area contributed by atoms with Gasteiger partial charge < -0.3 is 25.5 Å². The summed E-state index contributed by atoms with van der Waals surface area (Å²) in [7, 11) is 0. The van der Waals surface area contributed by atoms with E-state index in [0.717, 1.165) is 0 Å². The smallest absolute Gasteiger partial charge is 0.326 e. The maximum atomic E-state index is 11.9. The van der Waals surface area contributed by atoms with Gasteiger partial charge in [-0.2, -0.15) is 0 Å². The monoisotopic (exact) mass is 288 g/mol. The van der Waals surface area contributed by atoms with Gasteiger partial charge in [-0.05, 0) is 19.8 Å². The van der Waals surface area contributed by atoms with Crippen molar-refractivity contribution in [2.45, 2.75) is 38.3 Å². The Hall–Kier alpha value is -1.83. The number of aliphatic hydroxyl groups is 1. The second kappa shape index (κ2) is 7.09. The zero-order chi connectivity index (χ0) is 15.3. The van der Waals surface area contributed by atoms with E-state index in [4.69, 9.17) is 10.2 Å². The van der Waals surface area contributed by atoms with Gasteiger partial charge in [0, 0.05) is 25.4 Å². The summed E-state index contributed by atoms with van der Waals surface area (Å²) < 4.78 is 0. The summed E-state index contributed by atoms with van der Waals surface area (Å²) >= 11 is 0. The van der Waals surface area contributed by atoms with Crippen molar-refractivity contribution in [3.05, 3.63) is 0 Å². The highest BCUT2D eigenvalue weighted by Crippen LogP contribution is 2.19. The molecule has 0 spiro atoms. The van der Waals surface area contributed by atoms with E-state index in [0.29, 0.717) is 19.5 Å². The van der Waals surface area contributed by atoms with Gasteiger partial charge in [-0.1, -0.05) is 0 Å². The molecule has 0 aromatic carbocycles. The van der Waals surface area contributed by atoms with Gasteiger partial charge >= 0.3 is 18.0 Å². The number of carbonyl (C=O) groups is 3. The number of hydrogen-bond donors (Lipinski definition) is 4. The Morgan fingerprint density at radius 2 is 2.00 bits per heavy atom. The van der Waals surface area contributed by atoms with Crippen molar-refractivity contribution in [2.75, 3.05) is 13.1 Å². The van der Waals surface area contributed by atoms with Gasteiger partial charge in [0.15, 0.2) is 0 Å². The van der Waals surface area contributed by atoms with Crippen molar-refractivity contribution in [3.8, 4) is 0 Å². The van der Waals surface area contributed by atoms with Crippen LogP contribution >= 0.6 is 0 Å². The van der Waals surface area contributed by atoms with Crippen molar-refractivity contribution >= 4 is 18.0 Å². The lowest BCUT2D eigenvalue weighted by molar-refractivity contribution is -0.140. The molecule has 1 fully saturated rings. The molecule has 1 rings (SSSR count). The topological polar surface area (TPSA) is 127 Å². The number of nitrogens with zero attached hydrogens (tertiary/aromatic N) is 1. The summed E-state index contributed by atoms with van der Waals surface area (Å²) in [6.07, 6.45) is -0.342. The van der Waals surface area contributed by atoms with Gasteiger partial charge in [0.25, 0.3) is 0 Å². The number of nitrogens with one attached hydrogen (secondary N) is 1. The number of aliphatic carboxylic acids is 2. The van der Waals surface area contributed by atoms with Crippen molar-refractivity contribution in [3.63, 3.8) is 0 Å². The molecule has 1 heterocycles. The van der Waals surface area contributed by atoms with Crippen LogP contribution in [-0.4, -0.2) is 63.4 Å². The molecule has 0 aliphatic carbocycles. The summed E-state index contributed by atoms with van der Waals surface area (Å²) in [5, 5.41) is 29.3. The zero-order valence-electron chi connectivity index (χ0n) is 11.3. The van der Waals surface area contributed by atoms with Crippen LogP contribution in [-0.2, 0) is 9.59 Å². The van der Waals surface area contributed by atoms with E-state index in [9.17, 15) is 19.5 Å². The van der Waals surface area contributed by atoms with Gasteiger partial charge in [0.1, 0.15) is 6.04 Å². The SMILES string of the molecule is CC(O)C1CCN(C(=O)N[C@@H](CCC(=O)O)C(=O)O)C1. The fraction of sp³-hybridized carbons (Fsp3) is 0.750. The van der Waals surface area contributed by atoms with E-state index < -0.39 is 30.1 Å². The molecule has 1 aliphatic heterocycles. The minimum absolute atomic E-state index is 0.0111. The molecule has 1 aliphatic rings. The maximum Gasteiger partial charge on any atom is 0.326 e. The summed E-state index contributed by atoms with van der Waals surface area (Å²) in [5.74, 6) is -2.38. The van der Waals surface area contributed by atoms with Crippen LogP contribution in [0.25, 0.3) is 0 Å². The molecule has 0 bridgehead atoms. The molecular weight excluding hydrogens is 268 g/mol. The third-order valence-corrected chi connectivity index (χ3v) is 3.44. The lowest BCUT2D eigenvalue weighted by Gasteiger charge is -2.21. The number of carbonyl (C=O) groups excluding carboxylic acids is 1. The van der Waals surface area contributed by atoms with Gasteiger partial charge in [0.2, 0.25) is 0 Å². The van der Waals surface area contributed by atoms with E-state index in [1.807, 2.05) is 0 Å². The molecule has 8 heteroatoms. The largest absolute Gasteiger partial charge is 0.481 e. The van der Waals surface area contributed by atoms with Crippen LogP contribution in [0.1, 0.15) is 26.2 Å². The van der Waals surface area contributed by atoms with Gasteiger partial charge in [-0.25, -0.2) is 9.59 Å². The first-order chi connectivity index (χ1) is 9.31. The molecule has 2 unspecified atom stereocenters. The Labute approximate surface area is 116 Å². The molecule has 1 saturated heterocycles. The van der Waals surface area contributed by atoms with Crippen LogP contribution in [0.5, 0.6) is 0 Å². The summed E-state index contributed by atoms with van der Waals surface area (Å²) in [5.41, 5.74) is 0. The average Bonchev–Trinajstić information content (AvgIpc) is 2.83. The minimum atomic E-state index is -1.26. The van der Waals surface area contributed by atoms with Gasteiger partial charge in [-0.3, -0.25) is 4.79 Å². The fourth-order valence-corrected chi connectivity index (χ4v) is 2.13. The second-order valence-corrected chi connectivity index (χ2v) is 5.01. The van der Waals surface area contributed by atoms with E-state index in [-0.39, 0.29) is 18.8 Å². The first-order valence-corrected chi connectivity index (χ1v) is 6.49. The number of hydrogen-bond acceptors (Lipinski definition) is 4. The Bertz CT molecular complexity index is 384. The molecule has 3 atom stereocenters. The van der Waals surface area contributed by atoms with Crippen LogP contribution in [0.4, 0.5) is 4.79 Å². The average molecular weight is 288 g/mol. The number of rotatable bonds is 6. The molecule has 0 radical (unpaired) electrons. The molecule has 0 aromatic heterocycles. The fourth-order valence-electron chi connectivity index (χ4n) is 2.13. The minimum Gasteiger partial charge on any atom is -0.481 e. The second-order valence-electron chi connectivity index (χ2n) is 5.01. The number of urea groups is 1. The first kappa shape index (κ1) is 16.2. The van der Waals surface area contributed by atoms with E-state index in [1.54, 1.807) is 6.92 Å². The highest BCUT2D eigenvalue weighted by molar-refractivity contribution is 5.83. The molecule has 20 heavy (non-hydrogen) atoms. The van der Waals surface area contributed by atoms with Crippen molar-refractivity contribution in [1.29, 1.82) is 0 Å². The first-order valence-electron chi connectivity index (χ1n) is 6.49. The third kappa shape index (κ3) is 4.69. The quantitative estimate of drug-likeness (QED) is 0.532. The predicted octanol–water partition coefficient (Wildman–Crippen LogP) is -0.283. The highest BCUT2D eigenvalue weighted by atomic mass is 16.4. The van der Waals surface area contributed by atoms with Crippen LogP contribution in [0, 0.1) is 5.92 Å². The lowest BCUT2D eigenvalue weighted by Crippen LogP contribution is -2.47. The standard InChI is InChI=1S/C12H20N2O6/c1-7(15)8-4-5-14(6-8)12(20)13-9(11(18)19)2-3-10(16)17/h7-9,15H,2-6H2,1H3,(H,13,20)(H,16,17)(H,18,19)/t7?,8?,9-/m0/s1. The Kier molecular flexibility index (Phi) is 5.75. The zero-order valence-corrected chi connectivity index (χ0v) is 11.3. The molecule has 114 valence electrons. The van der Waals surface area contributed by atoms with Crippen LogP contribution in [0.2, 0.25) is 0 Å². The normalized spacial score (nSPS) is 21.3. The Balaban J connectivity index is 2.50. The molecule has 4 N–H and O–H groups in total. The summed E-state index contributed by atoms with van der Waals surface area (Å²) in [4.78, 5) is 34.7. The molecule has 8 nitrogen and oxygen atoms in total. The van der Waals surface area contributed by atoms with Crippen LogP contribution in [0.15, 0.2) is 0 Å². The van der Waals surface area contributed by atoms with E-state index in [2.05, 4.69) is 5.32 Å². The van der Waals surface area contributed by atoms with Gasteiger partial charge in [-0.15, -0.1) is 0 Å². The Morgan fingerprint density at radius 1 is 1.35 bits per heavy atom. The van der Waals surface area contributed by atoms with Crippen LogP contribution < -0.4 is 5.32 Å². The lowest BCUT2D eigenvalue weighted by atomic mass is 10.0. The predicted molar refractivity (Wildman–Crippen MR) is 68.2 cm³/mol. The number of aliphatic hydroxyl groups excluding tert-OH is 1. The van der Waals surface area contributed by atoms with Crippen molar-refractivity contribution < 1.29 is 29.7 Å². The van der Waals surface area contributed by atoms with E-state index in [1.165, 1.54) is 4.90 Å². The molecular formula is C12H20N2O6. The highest BCUT2D eigenvalue weighted by Gasteiger charge is 2.31. The summed E-state index contributed by atoms with van der Waals surface area (Å²) in [6.45, 7) is 2.47. The number of carboxylic acid groups (broad SMARTS) is 2. The van der Waals surface area contributed by atoms with Crippen LogP contribution in [0.3, 0.4) is 0 Å². The number of likely N-dealkylation sites (tertiary alicyclic amines) is 1. The van der Waals surface area contributed by atoms with Crippen molar-refractivity contribution in [1.82, 2.24) is 10.2 Å². The molecule has 0 saturated carbocycles. The molecule has 2 amide bonds.